The average Bonchev–Trinajstić information content (AvgIpc) is 3.80. The van der Waals surface area contributed by atoms with E-state index >= 15 is 0 Å². The summed E-state index contributed by atoms with van der Waals surface area (Å²) in [6.45, 7) is 8.21. The highest BCUT2D eigenvalue weighted by molar-refractivity contribution is 6.04. The van der Waals surface area contributed by atoms with Gasteiger partial charge in [0.25, 0.3) is 0 Å². The molecule has 5 rings (SSSR count). The SMILES string of the molecule is CCOC(=O)c1c[nH]c(-c2ccnc(Nc3ccc(N4CCN(C)CC4)cc3OC)n2)c1.CCOC(=O)c1c[nH]c(C(=O)/C=C/N(C)C)c1. The van der Waals surface area contributed by atoms with Crippen LogP contribution in [0.3, 0.4) is 0 Å². The maximum absolute atomic E-state index is 11.9. The number of rotatable bonds is 12. The highest BCUT2D eigenvalue weighted by Gasteiger charge is 2.17. The Labute approximate surface area is 286 Å². The second kappa shape index (κ2) is 17.5. The van der Waals surface area contributed by atoms with Crippen molar-refractivity contribution in [1.82, 2.24) is 29.7 Å². The van der Waals surface area contributed by atoms with Gasteiger partial charge < -0.3 is 44.2 Å². The first-order valence-corrected chi connectivity index (χ1v) is 15.9. The van der Waals surface area contributed by atoms with E-state index in [0.717, 1.165) is 43.3 Å². The maximum atomic E-state index is 11.9. The van der Waals surface area contributed by atoms with Crippen LogP contribution >= 0.6 is 0 Å². The van der Waals surface area contributed by atoms with Gasteiger partial charge in [-0.1, -0.05) is 0 Å². The number of nitrogens with zero attached hydrogens (tertiary/aromatic N) is 5. The van der Waals surface area contributed by atoms with Gasteiger partial charge in [0.2, 0.25) is 11.7 Å². The van der Waals surface area contributed by atoms with Gasteiger partial charge in [-0.15, -0.1) is 0 Å². The lowest BCUT2D eigenvalue weighted by atomic mass is 10.2. The van der Waals surface area contributed by atoms with Crippen molar-refractivity contribution in [3.63, 3.8) is 0 Å². The molecule has 0 saturated carbocycles. The Morgan fingerprint density at radius 1 is 0.939 bits per heavy atom. The van der Waals surface area contributed by atoms with E-state index in [-0.39, 0.29) is 11.8 Å². The average molecular weight is 673 g/mol. The summed E-state index contributed by atoms with van der Waals surface area (Å²) >= 11 is 0. The van der Waals surface area contributed by atoms with E-state index in [2.05, 4.69) is 48.2 Å². The summed E-state index contributed by atoms with van der Waals surface area (Å²) in [5.41, 5.74) is 4.45. The predicted molar refractivity (Wildman–Crippen MR) is 188 cm³/mol. The summed E-state index contributed by atoms with van der Waals surface area (Å²) in [7, 11) is 7.44. The predicted octanol–water partition coefficient (Wildman–Crippen LogP) is 4.60. The van der Waals surface area contributed by atoms with Gasteiger partial charge in [0, 0.05) is 82.9 Å². The molecule has 0 atom stereocenters. The number of carbonyl (C=O) groups is 3. The van der Waals surface area contributed by atoms with E-state index in [0.29, 0.717) is 47.4 Å². The molecule has 0 unspecified atom stereocenters. The van der Waals surface area contributed by atoms with Gasteiger partial charge >= 0.3 is 11.9 Å². The van der Waals surface area contributed by atoms with Gasteiger partial charge in [0.15, 0.2) is 0 Å². The van der Waals surface area contributed by atoms with Crippen molar-refractivity contribution in [2.24, 2.45) is 0 Å². The van der Waals surface area contributed by atoms with Crippen LogP contribution in [0.5, 0.6) is 5.75 Å². The Morgan fingerprint density at radius 3 is 2.27 bits per heavy atom. The second-order valence-electron chi connectivity index (χ2n) is 11.3. The summed E-state index contributed by atoms with van der Waals surface area (Å²) in [5.74, 6) is 0.168. The zero-order valence-corrected chi connectivity index (χ0v) is 28.8. The van der Waals surface area contributed by atoms with Crippen molar-refractivity contribution < 1.29 is 28.6 Å². The van der Waals surface area contributed by atoms with E-state index in [1.165, 1.54) is 18.3 Å². The molecule has 1 fully saturated rings. The first-order valence-electron chi connectivity index (χ1n) is 15.9. The molecule has 1 aromatic carbocycles. The quantitative estimate of drug-likeness (QED) is 0.109. The number of esters is 2. The molecule has 1 aliphatic rings. The molecule has 4 aromatic rings. The molecule has 4 heterocycles. The fraction of sp³-hybridized carbons (Fsp3) is 0.343. The molecule has 14 nitrogen and oxygen atoms in total. The molecule has 3 N–H and O–H groups in total. The zero-order valence-electron chi connectivity index (χ0n) is 28.8. The number of benzene rings is 1. The van der Waals surface area contributed by atoms with Crippen LogP contribution in [0.4, 0.5) is 17.3 Å². The lowest BCUT2D eigenvalue weighted by molar-refractivity contribution is 0.0517. The summed E-state index contributed by atoms with van der Waals surface area (Å²) in [6.07, 6.45) is 7.83. The van der Waals surface area contributed by atoms with E-state index in [9.17, 15) is 14.4 Å². The molecule has 0 bridgehead atoms. The number of anilines is 3. The highest BCUT2D eigenvalue weighted by atomic mass is 16.5. The minimum atomic E-state index is -0.431. The van der Waals surface area contributed by atoms with E-state index < -0.39 is 5.97 Å². The molecular weight excluding hydrogens is 628 g/mol. The monoisotopic (exact) mass is 672 g/mol. The van der Waals surface area contributed by atoms with Crippen molar-refractivity contribution >= 4 is 35.0 Å². The van der Waals surface area contributed by atoms with Gasteiger partial charge in [0.1, 0.15) is 5.75 Å². The fourth-order valence-corrected chi connectivity index (χ4v) is 4.78. The van der Waals surface area contributed by atoms with Gasteiger partial charge in [-0.05, 0) is 51.2 Å². The standard InChI is InChI=1S/C23H28N6O3.C12H16N2O3/c1-4-32-22(30)16-13-20(25-15-16)18-7-8-24-23(26-18)27-19-6-5-17(14-21(19)31-3)29-11-9-28(2)10-12-29;1-4-17-12(16)9-7-10(13-8-9)11(15)5-6-14(2)3/h5-8,13-15,25H,4,9-12H2,1-3H3,(H,24,26,27);5-8,13H,4H2,1-3H3/b;6-5+. The van der Waals surface area contributed by atoms with Gasteiger partial charge in [0.05, 0.1) is 54.2 Å². The zero-order chi connectivity index (χ0) is 35.3. The number of ketones is 1. The number of carbonyl (C=O) groups excluding carboxylic acids is 3. The van der Waals surface area contributed by atoms with E-state index in [1.807, 2.05) is 26.2 Å². The number of ether oxygens (including phenoxy) is 3. The first kappa shape index (κ1) is 36.2. The van der Waals surface area contributed by atoms with Crippen LogP contribution in [0, 0.1) is 0 Å². The number of methoxy groups -OCH3 is 1. The molecular formula is C35H44N8O6. The van der Waals surface area contributed by atoms with E-state index in [1.54, 1.807) is 56.6 Å². The molecule has 1 saturated heterocycles. The maximum Gasteiger partial charge on any atom is 0.339 e. The number of hydrogen-bond acceptors (Lipinski definition) is 12. The summed E-state index contributed by atoms with van der Waals surface area (Å²) in [6, 6.07) is 11.1. The van der Waals surface area contributed by atoms with Crippen molar-refractivity contribution in [2.75, 3.05) is 77.9 Å². The molecule has 14 heteroatoms. The Kier molecular flexibility index (Phi) is 12.9. The van der Waals surface area contributed by atoms with Crippen LogP contribution in [0.15, 0.2) is 67.3 Å². The number of allylic oxidation sites excluding steroid dienone is 1. The lowest BCUT2D eigenvalue weighted by Crippen LogP contribution is -2.44. The van der Waals surface area contributed by atoms with Crippen molar-refractivity contribution in [3.8, 4) is 17.1 Å². The van der Waals surface area contributed by atoms with Crippen molar-refractivity contribution in [1.29, 1.82) is 0 Å². The number of aromatic amines is 2. The molecule has 260 valence electrons. The Bertz CT molecular complexity index is 1740. The molecule has 49 heavy (non-hydrogen) atoms. The van der Waals surface area contributed by atoms with Gasteiger partial charge in [-0.3, -0.25) is 4.79 Å². The van der Waals surface area contributed by atoms with Crippen LogP contribution in [-0.2, 0) is 9.47 Å². The Hall–Kier alpha value is -5.63. The number of likely N-dealkylation sites (N-methyl/N-ethyl adjacent to an activating group) is 1. The van der Waals surface area contributed by atoms with Crippen LogP contribution in [0.1, 0.15) is 45.1 Å². The number of hydrogen-bond donors (Lipinski definition) is 3. The number of aromatic nitrogens is 4. The summed E-state index contributed by atoms with van der Waals surface area (Å²) in [5, 5.41) is 3.24. The molecule has 0 radical (unpaired) electrons. The van der Waals surface area contributed by atoms with Crippen molar-refractivity contribution in [3.05, 3.63) is 84.1 Å². The third-order valence-electron chi connectivity index (χ3n) is 7.41. The number of piperazine rings is 1. The minimum absolute atomic E-state index is 0.186. The Balaban J connectivity index is 0.000000269. The van der Waals surface area contributed by atoms with Crippen LogP contribution in [0.2, 0.25) is 0 Å². The highest BCUT2D eigenvalue weighted by Crippen LogP contribution is 2.32. The molecule has 0 amide bonds. The number of H-pyrrole nitrogens is 2. The Morgan fingerprint density at radius 2 is 1.61 bits per heavy atom. The fourth-order valence-electron chi connectivity index (χ4n) is 4.78. The summed E-state index contributed by atoms with van der Waals surface area (Å²) in [4.78, 5) is 56.1. The van der Waals surface area contributed by atoms with Gasteiger partial charge in [-0.2, -0.15) is 0 Å². The first-order chi connectivity index (χ1) is 23.6. The largest absolute Gasteiger partial charge is 0.494 e. The topological polar surface area (TPSA) is 158 Å². The third kappa shape index (κ3) is 10.2. The van der Waals surface area contributed by atoms with Crippen LogP contribution in [0.25, 0.3) is 11.4 Å². The normalized spacial score (nSPS) is 13.0. The van der Waals surface area contributed by atoms with E-state index in [4.69, 9.17) is 14.2 Å². The molecule has 3 aromatic heterocycles. The van der Waals surface area contributed by atoms with Crippen LogP contribution in [-0.4, -0.2) is 115 Å². The van der Waals surface area contributed by atoms with Gasteiger partial charge in [-0.25, -0.2) is 19.6 Å². The minimum Gasteiger partial charge on any atom is -0.494 e. The molecule has 0 aliphatic carbocycles. The van der Waals surface area contributed by atoms with Crippen LogP contribution < -0.4 is 15.0 Å². The summed E-state index contributed by atoms with van der Waals surface area (Å²) < 4.78 is 15.5. The second-order valence-corrected chi connectivity index (χ2v) is 11.3. The lowest BCUT2D eigenvalue weighted by Gasteiger charge is -2.34. The number of nitrogens with one attached hydrogen (secondary N) is 3. The van der Waals surface area contributed by atoms with Crippen molar-refractivity contribution in [2.45, 2.75) is 13.8 Å². The molecule has 0 spiro atoms. The third-order valence-corrected chi connectivity index (χ3v) is 7.41. The smallest absolute Gasteiger partial charge is 0.339 e. The molecule has 1 aliphatic heterocycles.